The molecule has 83 heavy (non-hydrogen) atoms. The molecule has 1 aliphatic carbocycles. The number of phenols is 4. The Morgan fingerprint density at radius 1 is 0.289 bits per heavy atom. The number of rotatable bonds is 12. The molecule has 0 heterocycles. The molecule has 0 radical (unpaired) electrons. The van der Waals surface area contributed by atoms with E-state index in [9.17, 15) is 39.6 Å². The second-order valence-corrected chi connectivity index (χ2v) is 18.8. The highest BCUT2D eigenvalue weighted by Gasteiger charge is 2.36. The van der Waals surface area contributed by atoms with Crippen molar-refractivity contribution >= 4 is 23.9 Å². The van der Waals surface area contributed by atoms with Crippen molar-refractivity contribution in [3.05, 3.63) is 235 Å². The fourth-order valence-corrected chi connectivity index (χ4v) is 10.8. The molecule has 0 aromatic heterocycles. The Hall–Kier alpha value is -9.96. The summed E-state index contributed by atoms with van der Waals surface area (Å²) in [6, 6.07) is 39.2. The molecule has 430 valence electrons. The minimum atomic E-state index is -0.993. The molecule has 9 rings (SSSR count). The van der Waals surface area contributed by atoms with Crippen LogP contribution in [0.25, 0.3) is 0 Å². The fourth-order valence-electron chi connectivity index (χ4n) is 10.8. The van der Waals surface area contributed by atoms with Gasteiger partial charge in [-0.05, 0) is 95.1 Å². The molecule has 4 atom stereocenters. The van der Waals surface area contributed by atoms with Crippen molar-refractivity contribution in [3.63, 3.8) is 0 Å². The lowest BCUT2D eigenvalue weighted by Crippen LogP contribution is -2.15. The van der Waals surface area contributed by atoms with E-state index in [2.05, 4.69) is 0 Å². The Labute approximate surface area is 482 Å². The van der Waals surface area contributed by atoms with Crippen molar-refractivity contribution < 1.29 is 77.5 Å². The molecule has 16 heteroatoms. The number of carbonyl (C=O) groups excluding carboxylic acids is 4. The molecule has 0 amide bonds. The van der Waals surface area contributed by atoms with Gasteiger partial charge in [0.2, 0.25) is 0 Å². The van der Waals surface area contributed by atoms with Gasteiger partial charge in [-0.25, -0.2) is 19.2 Å². The van der Waals surface area contributed by atoms with Crippen LogP contribution in [0.4, 0.5) is 0 Å². The molecular weight excluding hydrogens is 1060 g/mol. The molecule has 1 aliphatic rings. The van der Waals surface area contributed by atoms with Crippen molar-refractivity contribution in [1.29, 1.82) is 0 Å². The SMILES string of the molecule is C.CC.COC(=O)c1ccc(C2c3cc(c(OC)cc3O)C(c3ccc(C(=O)OC)cc3)c3cc(c(OC)cc3O)C(c3ccc(C(=O)OC)cc3)c3cc(c(OC)cc3O)C(c3ccc(C(=O)OC)cc3)c3cc2c(OC)cc3O)cc1. The van der Waals surface area contributed by atoms with Crippen molar-refractivity contribution in [1.82, 2.24) is 0 Å². The zero-order valence-corrected chi connectivity index (χ0v) is 46.9. The average Bonchev–Trinajstić information content (AvgIpc) is 3.70. The summed E-state index contributed by atoms with van der Waals surface area (Å²) in [5.74, 6) is -6.51. The molecule has 0 fully saturated rings. The highest BCUT2D eigenvalue weighted by atomic mass is 16.5. The summed E-state index contributed by atoms with van der Waals surface area (Å²) >= 11 is 0. The number of benzene rings is 8. The Balaban J connectivity index is 0.00000326. The summed E-state index contributed by atoms with van der Waals surface area (Å²) < 4.78 is 44.7. The number of phenolic OH excluding ortho intramolecular Hbond substituents is 4. The van der Waals surface area contributed by atoms with Crippen LogP contribution in [0.2, 0.25) is 0 Å². The van der Waals surface area contributed by atoms with Crippen LogP contribution in [0, 0.1) is 0 Å². The first kappa shape index (κ1) is 60.7. The van der Waals surface area contributed by atoms with Gasteiger partial charge in [0.05, 0.1) is 79.1 Å². The first-order chi connectivity index (χ1) is 39.6. The van der Waals surface area contributed by atoms with E-state index in [-0.39, 0.29) is 97.9 Å². The monoisotopic (exact) mass is 1130 g/mol. The number of ether oxygens (including phenoxy) is 8. The molecule has 4 unspecified atom stereocenters. The summed E-state index contributed by atoms with van der Waals surface area (Å²) in [6.45, 7) is 4.00. The highest BCUT2D eigenvalue weighted by molar-refractivity contribution is 5.91. The standard InChI is InChI=1S/C64H56O16.C2H6.CH4/c1-73-53-29-49(65)41-25-45(53)57(33-9-17-37(18-10-33)61(69)77-5)42-26-46(54(74-2)30-50(42)66)59(35-13-21-39(22-14-35)63(71)79-7)44-28-48(56(76-4)32-52(44)68)60(36-15-23-40(24-16-36)64(72)80-8)43-27-47(55(75-3)31-51(43)67)58(41)34-11-19-38(20-12-34)62(70)78-6;1-2;/h9-32,57-60,65-68H,1-8H3;1-2H3;1H4. The van der Waals surface area contributed by atoms with Crippen molar-refractivity contribution in [3.8, 4) is 46.0 Å². The predicted molar refractivity (Wildman–Crippen MR) is 312 cm³/mol. The number of esters is 4. The van der Waals surface area contributed by atoms with E-state index in [4.69, 9.17) is 37.9 Å². The summed E-state index contributed by atoms with van der Waals surface area (Å²) in [5, 5.41) is 50.2. The minimum Gasteiger partial charge on any atom is -0.507 e. The Morgan fingerprint density at radius 2 is 0.458 bits per heavy atom. The maximum Gasteiger partial charge on any atom is 0.337 e. The molecule has 8 aromatic carbocycles. The number of aromatic hydroxyl groups is 4. The third-order valence-corrected chi connectivity index (χ3v) is 14.7. The fraction of sp³-hybridized carbons (Fsp3) is 0.224. The van der Waals surface area contributed by atoms with E-state index in [1.807, 2.05) is 13.8 Å². The molecule has 8 aromatic rings. The van der Waals surface area contributed by atoms with Gasteiger partial charge in [0.25, 0.3) is 0 Å². The van der Waals surface area contributed by atoms with E-state index in [0.717, 1.165) is 0 Å². The van der Waals surface area contributed by atoms with Crippen molar-refractivity contribution in [2.24, 2.45) is 0 Å². The number of carbonyl (C=O) groups is 4. The van der Waals surface area contributed by atoms with Crippen molar-refractivity contribution in [2.45, 2.75) is 44.9 Å². The van der Waals surface area contributed by atoms with Crippen molar-refractivity contribution in [2.75, 3.05) is 56.9 Å². The van der Waals surface area contributed by atoms with E-state index < -0.39 is 47.5 Å². The van der Waals surface area contributed by atoms with Gasteiger partial charge >= 0.3 is 23.9 Å². The van der Waals surface area contributed by atoms with Crippen LogP contribution in [0.5, 0.6) is 46.0 Å². The van der Waals surface area contributed by atoms with Gasteiger partial charge in [-0.15, -0.1) is 0 Å². The number of fused-ring (bicyclic) bond motifs is 8. The Morgan fingerprint density at radius 3 is 0.602 bits per heavy atom. The molecule has 0 spiro atoms. The molecular formula is C67H66O16. The summed E-state index contributed by atoms with van der Waals surface area (Å²) in [6.07, 6.45) is 0. The molecule has 0 aliphatic heterocycles. The van der Waals surface area contributed by atoms with Gasteiger partial charge in [-0.1, -0.05) is 69.8 Å². The van der Waals surface area contributed by atoms with Gasteiger partial charge in [-0.2, -0.15) is 0 Å². The lowest BCUT2D eigenvalue weighted by atomic mass is 9.75. The Kier molecular flexibility index (Phi) is 19.1. The lowest BCUT2D eigenvalue weighted by molar-refractivity contribution is 0.0592. The van der Waals surface area contributed by atoms with E-state index >= 15 is 0 Å². The minimum absolute atomic E-state index is 0. The summed E-state index contributed by atoms with van der Waals surface area (Å²) in [4.78, 5) is 51.6. The largest absolute Gasteiger partial charge is 0.507 e. The first-order valence-electron chi connectivity index (χ1n) is 26.0. The zero-order valence-electron chi connectivity index (χ0n) is 46.9. The quantitative estimate of drug-likeness (QED) is 0.0659. The zero-order chi connectivity index (χ0) is 59.1. The second kappa shape index (κ2) is 26.1. The van der Waals surface area contributed by atoms with Crippen LogP contribution in [-0.2, 0) is 18.9 Å². The third kappa shape index (κ3) is 11.7. The smallest absolute Gasteiger partial charge is 0.337 e. The van der Waals surface area contributed by atoms with Gasteiger partial charge in [0.1, 0.15) is 46.0 Å². The molecule has 4 N–H and O–H groups in total. The maximum absolute atomic E-state index is 12.9. The van der Waals surface area contributed by atoms with E-state index in [1.54, 1.807) is 121 Å². The van der Waals surface area contributed by atoms with Gasteiger partial charge in [-0.3, -0.25) is 0 Å². The Bertz CT molecular complexity index is 3180. The number of methoxy groups -OCH3 is 8. The van der Waals surface area contributed by atoms with E-state index in [1.165, 1.54) is 81.1 Å². The highest BCUT2D eigenvalue weighted by Crippen LogP contribution is 2.54. The van der Waals surface area contributed by atoms with Gasteiger partial charge in [0.15, 0.2) is 0 Å². The van der Waals surface area contributed by atoms with Crippen LogP contribution in [-0.4, -0.2) is 101 Å². The molecule has 16 nitrogen and oxygen atoms in total. The topological polar surface area (TPSA) is 223 Å². The maximum atomic E-state index is 12.9. The van der Waals surface area contributed by atoms with Crippen LogP contribution in [0.15, 0.2) is 146 Å². The molecule has 0 saturated carbocycles. The predicted octanol–water partition coefficient (Wildman–Crippen LogP) is 12.4. The summed E-state index contributed by atoms with van der Waals surface area (Å²) in [5.41, 5.74) is 5.91. The van der Waals surface area contributed by atoms with Crippen LogP contribution in [0.3, 0.4) is 0 Å². The number of hydrogen-bond acceptors (Lipinski definition) is 16. The lowest BCUT2D eigenvalue weighted by Gasteiger charge is -2.31. The van der Waals surface area contributed by atoms with Gasteiger partial charge < -0.3 is 58.3 Å². The van der Waals surface area contributed by atoms with Crippen LogP contribution in [0.1, 0.15) is 153 Å². The first-order valence-corrected chi connectivity index (χ1v) is 26.0. The molecule has 0 saturated heterocycles. The molecule has 8 bridgehead atoms. The van der Waals surface area contributed by atoms with Gasteiger partial charge in [0, 0.05) is 92.4 Å². The van der Waals surface area contributed by atoms with E-state index in [0.29, 0.717) is 44.5 Å². The number of hydrogen-bond donors (Lipinski definition) is 4. The third-order valence-electron chi connectivity index (χ3n) is 14.7. The summed E-state index contributed by atoms with van der Waals surface area (Å²) in [7, 11) is 10.9. The normalized spacial score (nSPS) is 14.9. The van der Waals surface area contributed by atoms with Crippen LogP contribution < -0.4 is 18.9 Å². The van der Waals surface area contributed by atoms with Crippen LogP contribution >= 0.6 is 0 Å². The second-order valence-electron chi connectivity index (χ2n) is 18.8. The average molecular weight is 1130 g/mol.